The van der Waals surface area contributed by atoms with Gasteiger partial charge in [0.25, 0.3) is 0 Å². The highest BCUT2D eigenvalue weighted by Crippen LogP contribution is 2.42. The Hall–Kier alpha value is -0.970. The molecule has 0 bridgehead atoms. The van der Waals surface area contributed by atoms with E-state index in [0.717, 1.165) is 51.1 Å². The van der Waals surface area contributed by atoms with E-state index in [2.05, 4.69) is 23.3 Å². The molecule has 2 atom stereocenters. The average Bonchev–Trinajstić information content (AvgIpc) is 2.49. The normalized spacial score (nSPS) is 29.4. The SMILES string of the molecule is CCO[C@@H]1C[C@H](c2ccccn2)OC2(CCNCC2)C1. The molecule has 0 unspecified atom stereocenters. The first-order chi connectivity index (χ1) is 9.81. The van der Waals surface area contributed by atoms with Crippen LogP contribution in [0.2, 0.25) is 0 Å². The molecule has 2 fully saturated rings. The third-order valence-corrected chi connectivity index (χ3v) is 4.40. The van der Waals surface area contributed by atoms with Gasteiger partial charge in [0.15, 0.2) is 0 Å². The molecule has 0 aromatic carbocycles. The minimum Gasteiger partial charge on any atom is -0.378 e. The number of hydrogen-bond donors (Lipinski definition) is 1. The fraction of sp³-hybridized carbons (Fsp3) is 0.688. The second-order valence-corrected chi connectivity index (χ2v) is 5.81. The van der Waals surface area contributed by atoms with Crippen molar-refractivity contribution in [2.75, 3.05) is 19.7 Å². The second-order valence-electron chi connectivity index (χ2n) is 5.81. The van der Waals surface area contributed by atoms with E-state index in [1.165, 1.54) is 0 Å². The van der Waals surface area contributed by atoms with E-state index < -0.39 is 0 Å². The zero-order valence-electron chi connectivity index (χ0n) is 12.2. The molecule has 0 saturated carbocycles. The van der Waals surface area contributed by atoms with Crippen LogP contribution in [0.1, 0.15) is 44.4 Å². The zero-order chi connectivity index (χ0) is 13.8. The van der Waals surface area contributed by atoms with Gasteiger partial charge in [-0.05, 0) is 45.0 Å². The Labute approximate surface area is 120 Å². The molecule has 0 amide bonds. The molecular formula is C16H24N2O2. The Morgan fingerprint density at radius 3 is 2.95 bits per heavy atom. The standard InChI is InChI=1S/C16H24N2O2/c1-2-19-13-11-15(14-5-3-4-8-18-14)20-16(12-13)6-9-17-10-7-16/h3-5,8,13,15,17H,2,6-7,9-12H2,1H3/t13-,15-/m1/s1. The van der Waals surface area contributed by atoms with Crippen molar-refractivity contribution in [1.29, 1.82) is 0 Å². The summed E-state index contributed by atoms with van der Waals surface area (Å²) in [5.41, 5.74) is 1.01. The molecule has 1 aromatic rings. The van der Waals surface area contributed by atoms with Crippen LogP contribution in [0.3, 0.4) is 0 Å². The lowest BCUT2D eigenvalue weighted by Crippen LogP contribution is -2.50. The third kappa shape index (κ3) is 3.03. The molecule has 3 rings (SSSR count). The molecule has 20 heavy (non-hydrogen) atoms. The molecule has 2 aliphatic heterocycles. The summed E-state index contributed by atoms with van der Waals surface area (Å²) in [7, 11) is 0. The summed E-state index contributed by atoms with van der Waals surface area (Å²) in [4.78, 5) is 4.48. The fourth-order valence-electron chi connectivity index (χ4n) is 3.45. The number of ether oxygens (including phenoxy) is 2. The van der Waals surface area contributed by atoms with Crippen molar-refractivity contribution >= 4 is 0 Å². The van der Waals surface area contributed by atoms with Gasteiger partial charge >= 0.3 is 0 Å². The lowest BCUT2D eigenvalue weighted by molar-refractivity contribution is -0.186. The van der Waals surface area contributed by atoms with Crippen molar-refractivity contribution < 1.29 is 9.47 Å². The van der Waals surface area contributed by atoms with Gasteiger partial charge in [-0.3, -0.25) is 4.98 Å². The Balaban J connectivity index is 1.79. The lowest BCUT2D eigenvalue weighted by atomic mass is 9.82. The van der Waals surface area contributed by atoms with Crippen LogP contribution < -0.4 is 5.32 Å². The molecule has 4 heteroatoms. The minimum atomic E-state index is -0.0223. The Morgan fingerprint density at radius 1 is 1.40 bits per heavy atom. The zero-order valence-corrected chi connectivity index (χ0v) is 12.2. The van der Waals surface area contributed by atoms with Crippen LogP contribution in [-0.4, -0.2) is 36.4 Å². The molecular weight excluding hydrogens is 252 g/mol. The summed E-state index contributed by atoms with van der Waals surface area (Å²) >= 11 is 0. The maximum absolute atomic E-state index is 6.50. The summed E-state index contributed by atoms with van der Waals surface area (Å²) in [6, 6.07) is 6.05. The molecule has 3 heterocycles. The van der Waals surface area contributed by atoms with Gasteiger partial charge in [0.1, 0.15) is 6.10 Å². The van der Waals surface area contributed by atoms with E-state index in [1.54, 1.807) is 0 Å². The van der Waals surface area contributed by atoms with Crippen LogP contribution in [-0.2, 0) is 9.47 Å². The van der Waals surface area contributed by atoms with Crippen molar-refractivity contribution in [2.45, 2.75) is 50.4 Å². The second kappa shape index (κ2) is 6.20. The van der Waals surface area contributed by atoms with Gasteiger partial charge in [-0.1, -0.05) is 6.07 Å². The van der Waals surface area contributed by atoms with Gasteiger partial charge < -0.3 is 14.8 Å². The van der Waals surface area contributed by atoms with Crippen LogP contribution >= 0.6 is 0 Å². The first-order valence-electron chi connectivity index (χ1n) is 7.72. The van der Waals surface area contributed by atoms with Crippen LogP contribution in [0.15, 0.2) is 24.4 Å². The Morgan fingerprint density at radius 2 is 2.25 bits per heavy atom. The number of aromatic nitrogens is 1. The molecule has 0 aliphatic carbocycles. The molecule has 0 radical (unpaired) electrons. The number of piperidine rings is 1. The summed E-state index contributed by atoms with van der Waals surface area (Å²) in [6.07, 6.45) is 6.28. The van der Waals surface area contributed by atoms with E-state index in [-0.39, 0.29) is 11.7 Å². The highest BCUT2D eigenvalue weighted by molar-refractivity contribution is 5.10. The van der Waals surface area contributed by atoms with Crippen molar-refractivity contribution in [3.8, 4) is 0 Å². The van der Waals surface area contributed by atoms with Crippen LogP contribution in [0.4, 0.5) is 0 Å². The van der Waals surface area contributed by atoms with Crippen molar-refractivity contribution in [1.82, 2.24) is 10.3 Å². The predicted octanol–water partition coefficient (Wildman–Crippen LogP) is 2.46. The monoisotopic (exact) mass is 276 g/mol. The van der Waals surface area contributed by atoms with E-state index in [0.29, 0.717) is 6.10 Å². The number of pyridine rings is 1. The minimum absolute atomic E-state index is 0.0223. The maximum Gasteiger partial charge on any atom is 0.103 e. The average molecular weight is 276 g/mol. The van der Waals surface area contributed by atoms with E-state index in [1.807, 2.05) is 18.3 Å². The molecule has 2 saturated heterocycles. The molecule has 110 valence electrons. The van der Waals surface area contributed by atoms with Gasteiger partial charge in [-0.25, -0.2) is 0 Å². The molecule has 4 nitrogen and oxygen atoms in total. The van der Waals surface area contributed by atoms with Gasteiger partial charge in [0.2, 0.25) is 0 Å². The molecule has 1 aromatic heterocycles. The van der Waals surface area contributed by atoms with E-state index >= 15 is 0 Å². The first-order valence-corrected chi connectivity index (χ1v) is 7.72. The summed E-state index contributed by atoms with van der Waals surface area (Å²) < 4.78 is 12.4. The molecule has 1 spiro atoms. The van der Waals surface area contributed by atoms with Crippen LogP contribution in [0.25, 0.3) is 0 Å². The summed E-state index contributed by atoms with van der Waals surface area (Å²) in [5.74, 6) is 0. The van der Waals surface area contributed by atoms with Crippen molar-refractivity contribution in [3.05, 3.63) is 30.1 Å². The molecule has 2 aliphatic rings. The Kier molecular flexibility index (Phi) is 4.34. The highest BCUT2D eigenvalue weighted by atomic mass is 16.5. The summed E-state index contributed by atoms with van der Waals surface area (Å²) in [5, 5.41) is 3.42. The van der Waals surface area contributed by atoms with Gasteiger partial charge in [-0.2, -0.15) is 0 Å². The number of nitrogens with zero attached hydrogens (tertiary/aromatic N) is 1. The topological polar surface area (TPSA) is 43.4 Å². The lowest BCUT2D eigenvalue weighted by Gasteiger charge is -2.46. The van der Waals surface area contributed by atoms with Gasteiger partial charge in [0.05, 0.1) is 17.4 Å². The first kappa shape index (κ1) is 14.0. The number of rotatable bonds is 3. The maximum atomic E-state index is 6.50. The highest BCUT2D eigenvalue weighted by Gasteiger charge is 2.43. The van der Waals surface area contributed by atoms with Crippen molar-refractivity contribution in [3.63, 3.8) is 0 Å². The van der Waals surface area contributed by atoms with E-state index in [9.17, 15) is 0 Å². The number of hydrogen-bond acceptors (Lipinski definition) is 4. The number of nitrogens with one attached hydrogen (secondary N) is 1. The Bertz CT molecular complexity index is 418. The predicted molar refractivity (Wildman–Crippen MR) is 77.5 cm³/mol. The van der Waals surface area contributed by atoms with E-state index in [4.69, 9.17) is 9.47 Å². The van der Waals surface area contributed by atoms with Crippen LogP contribution in [0.5, 0.6) is 0 Å². The largest absolute Gasteiger partial charge is 0.378 e. The molecule has 1 N–H and O–H groups in total. The van der Waals surface area contributed by atoms with Crippen LogP contribution in [0, 0.1) is 0 Å². The van der Waals surface area contributed by atoms with Gasteiger partial charge in [0, 0.05) is 25.6 Å². The van der Waals surface area contributed by atoms with Gasteiger partial charge in [-0.15, -0.1) is 0 Å². The van der Waals surface area contributed by atoms with Crippen molar-refractivity contribution in [2.24, 2.45) is 0 Å². The smallest absolute Gasteiger partial charge is 0.103 e. The fourth-order valence-corrected chi connectivity index (χ4v) is 3.45. The summed E-state index contributed by atoms with van der Waals surface area (Å²) in [6.45, 7) is 4.91. The third-order valence-electron chi connectivity index (χ3n) is 4.40. The quantitative estimate of drug-likeness (QED) is 0.921.